The fourth-order valence-corrected chi connectivity index (χ4v) is 3.95. The van der Waals surface area contributed by atoms with Gasteiger partial charge < -0.3 is 5.32 Å². The third-order valence-electron chi connectivity index (χ3n) is 4.29. The van der Waals surface area contributed by atoms with E-state index in [0.29, 0.717) is 5.56 Å². The second-order valence-corrected chi connectivity index (χ2v) is 9.23. The lowest BCUT2D eigenvalue weighted by Gasteiger charge is -2.20. The Morgan fingerprint density at radius 3 is 2.31 bits per heavy atom. The van der Waals surface area contributed by atoms with Gasteiger partial charge in [-0.15, -0.1) is 0 Å². The van der Waals surface area contributed by atoms with E-state index in [1.165, 1.54) is 38.4 Å². The SMILES string of the molecule is C[C@H](N[C@@H](C)c1ccc(F)c(F)c1)C(=O)Nc1ccc(Cl)c(S(=O)(=O)N(C)C)c1. The van der Waals surface area contributed by atoms with Gasteiger partial charge in [-0.05, 0) is 49.7 Å². The molecule has 1 amide bonds. The number of nitrogens with one attached hydrogen (secondary N) is 2. The zero-order valence-corrected chi connectivity index (χ0v) is 17.9. The molecule has 0 saturated heterocycles. The van der Waals surface area contributed by atoms with Crippen LogP contribution in [0.3, 0.4) is 0 Å². The Hall–Kier alpha value is -2.07. The lowest BCUT2D eigenvalue weighted by atomic mass is 10.1. The average molecular weight is 446 g/mol. The zero-order valence-electron chi connectivity index (χ0n) is 16.3. The smallest absolute Gasteiger partial charge is 0.244 e. The van der Waals surface area contributed by atoms with Gasteiger partial charge in [-0.2, -0.15) is 0 Å². The normalized spacial score (nSPS) is 13.9. The average Bonchev–Trinajstić information content (AvgIpc) is 2.64. The van der Waals surface area contributed by atoms with Crippen molar-refractivity contribution in [3.63, 3.8) is 0 Å². The minimum absolute atomic E-state index is 0.0369. The highest BCUT2D eigenvalue weighted by Crippen LogP contribution is 2.27. The summed E-state index contributed by atoms with van der Waals surface area (Å²) in [5.74, 6) is -2.35. The van der Waals surface area contributed by atoms with Crippen LogP contribution < -0.4 is 10.6 Å². The Kier molecular flexibility index (Phi) is 7.34. The van der Waals surface area contributed by atoms with Crippen molar-refractivity contribution in [1.29, 1.82) is 0 Å². The fraction of sp³-hybridized carbons (Fsp3) is 0.316. The van der Waals surface area contributed by atoms with Gasteiger partial charge in [0.25, 0.3) is 0 Å². The van der Waals surface area contributed by atoms with E-state index in [-0.39, 0.29) is 15.6 Å². The predicted octanol–water partition coefficient (Wildman–Crippen LogP) is 3.55. The Balaban J connectivity index is 2.12. The van der Waals surface area contributed by atoms with Crippen LogP contribution in [0.2, 0.25) is 5.02 Å². The van der Waals surface area contributed by atoms with E-state index >= 15 is 0 Å². The third-order valence-corrected chi connectivity index (χ3v) is 6.59. The first kappa shape index (κ1) is 23.2. The standard InChI is InChI=1S/C19H22ClF2N3O3S/c1-11(13-5-8-16(21)17(22)9-13)23-12(2)19(26)24-14-6-7-15(20)18(10-14)29(27,28)25(3)4/h5-12,23H,1-4H3,(H,24,26)/t11-,12-/m0/s1. The number of hydrogen-bond donors (Lipinski definition) is 2. The van der Waals surface area contributed by atoms with Gasteiger partial charge >= 0.3 is 0 Å². The number of amides is 1. The van der Waals surface area contributed by atoms with E-state index in [0.717, 1.165) is 16.4 Å². The van der Waals surface area contributed by atoms with Gasteiger partial charge in [0.2, 0.25) is 15.9 Å². The van der Waals surface area contributed by atoms with Gasteiger partial charge in [0, 0.05) is 25.8 Å². The maximum atomic E-state index is 13.4. The first-order valence-electron chi connectivity index (χ1n) is 8.67. The molecular weight excluding hydrogens is 424 g/mol. The van der Waals surface area contributed by atoms with Crippen LogP contribution in [0.1, 0.15) is 25.5 Å². The molecule has 0 aliphatic heterocycles. The van der Waals surface area contributed by atoms with E-state index < -0.39 is 39.6 Å². The monoisotopic (exact) mass is 445 g/mol. The molecule has 0 heterocycles. The molecule has 0 saturated carbocycles. The van der Waals surface area contributed by atoms with Crippen LogP contribution >= 0.6 is 11.6 Å². The molecule has 6 nitrogen and oxygen atoms in total. The number of anilines is 1. The molecule has 2 rings (SSSR count). The molecule has 0 bridgehead atoms. The number of nitrogens with zero attached hydrogens (tertiary/aromatic N) is 1. The van der Waals surface area contributed by atoms with Gasteiger partial charge in [0.1, 0.15) is 4.90 Å². The molecule has 0 unspecified atom stereocenters. The molecule has 0 radical (unpaired) electrons. The summed E-state index contributed by atoms with van der Waals surface area (Å²) < 4.78 is 52.2. The molecule has 2 N–H and O–H groups in total. The van der Waals surface area contributed by atoms with Crippen LogP contribution in [-0.4, -0.2) is 38.8 Å². The first-order valence-corrected chi connectivity index (χ1v) is 10.5. The van der Waals surface area contributed by atoms with E-state index in [2.05, 4.69) is 10.6 Å². The minimum atomic E-state index is -3.78. The number of carbonyl (C=O) groups excluding carboxylic acids is 1. The summed E-state index contributed by atoms with van der Waals surface area (Å²) >= 11 is 6.00. The van der Waals surface area contributed by atoms with E-state index in [4.69, 9.17) is 11.6 Å². The van der Waals surface area contributed by atoms with E-state index in [1.807, 2.05) is 0 Å². The van der Waals surface area contributed by atoms with Gasteiger partial charge in [0.15, 0.2) is 11.6 Å². The Morgan fingerprint density at radius 2 is 1.72 bits per heavy atom. The molecule has 29 heavy (non-hydrogen) atoms. The summed E-state index contributed by atoms with van der Waals surface area (Å²) in [7, 11) is -1.03. The number of carbonyl (C=O) groups is 1. The number of hydrogen-bond acceptors (Lipinski definition) is 4. The van der Waals surface area contributed by atoms with Gasteiger partial charge in [0.05, 0.1) is 11.1 Å². The number of rotatable bonds is 7. The Morgan fingerprint density at radius 1 is 1.07 bits per heavy atom. The highest BCUT2D eigenvalue weighted by molar-refractivity contribution is 7.89. The van der Waals surface area contributed by atoms with Crippen molar-refractivity contribution in [3.05, 3.63) is 58.6 Å². The molecule has 0 aliphatic carbocycles. The van der Waals surface area contributed by atoms with Crippen LogP contribution in [0.15, 0.2) is 41.3 Å². The summed E-state index contributed by atoms with van der Waals surface area (Å²) in [4.78, 5) is 12.4. The van der Waals surface area contributed by atoms with Crippen LogP contribution in [0.4, 0.5) is 14.5 Å². The maximum absolute atomic E-state index is 13.4. The molecule has 0 spiro atoms. The molecule has 158 valence electrons. The number of sulfonamides is 1. The molecule has 0 fully saturated rings. The molecule has 0 aliphatic rings. The van der Waals surface area contributed by atoms with Crippen LogP contribution in [0.5, 0.6) is 0 Å². The van der Waals surface area contributed by atoms with Crippen molar-refractivity contribution >= 4 is 33.2 Å². The summed E-state index contributed by atoms with van der Waals surface area (Å²) in [5.41, 5.74) is 0.739. The van der Waals surface area contributed by atoms with Gasteiger partial charge in [-0.25, -0.2) is 21.5 Å². The fourth-order valence-electron chi connectivity index (χ4n) is 2.55. The van der Waals surface area contributed by atoms with Crippen LogP contribution in [0.25, 0.3) is 0 Å². The Labute approximate surface area is 173 Å². The quantitative estimate of drug-likeness (QED) is 0.683. The van der Waals surface area contributed by atoms with Crippen LogP contribution in [0, 0.1) is 11.6 Å². The number of halogens is 3. The molecule has 10 heteroatoms. The predicted molar refractivity (Wildman–Crippen MR) is 108 cm³/mol. The summed E-state index contributed by atoms with van der Waals surface area (Å²) in [6.45, 7) is 3.31. The molecular formula is C19H22ClF2N3O3S. The molecule has 0 aromatic heterocycles. The van der Waals surface area contributed by atoms with Crippen molar-refractivity contribution in [1.82, 2.24) is 9.62 Å². The first-order chi connectivity index (χ1) is 13.4. The lowest BCUT2D eigenvalue weighted by molar-refractivity contribution is -0.117. The van der Waals surface area contributed by atoms with Crippen LogP contribution in [-0.2, 0) is 14.8 Å². The van der Waals surface area contributed by atoms with Crippen molar-refractivity contribution in [2.45, 2.75) is 30.8 Å². The second kappa shape index (κ2) is 9.17. The van der Waals surface area contributed by atoms with E-state index in [9.17, 15) is 22.0 Å². The van der Waals surface area contributed by atoms with Crippen molar-refractivity contribution in [2.75, 3.05) is 19.4 Å². The molecule has 2 atom stereocenters. The minimum Gasteiger partial charge on any atom is -0.325 e. The van der Waals surface area contributed by atoms with Crippen molar-refractivity contribution in [2.24, 2.45) is 0 Å². The second-order valence-electron chi connectivity index (χ2n) is 6.71. The third kappa shape index (κ3) is 5.51. The highest BCUT2D eigenvalue weighted by atomic mass is 35.5. The zero-order chi connectivity index (χ0) is 21.9. The van der Waals surface area contributed by atoms with Gasteiger partial charge in [-0.1, -0.05) is 17.7 Å². The molecule has 2 aromatic carbocycles. The molecule has 2 aromatic rings. The largest absolute Gasteiger partial charge is 0.325 e. The van der Waals surface area contributed by atoms with E-state index in [1.54, 1.807) is 13.8 Å². The Bertz CT molecular complexity index is 1020. The number of benzene rings is 2. The highest BCUT2D eigenvalue weighted by Gasteiger charge is 2.22. The summed E-state index contributed by atoms with van der Waals surface area (Å²) in [6, 6.07) is 6.53. The summed E-state index contributed by atoms with van der Waals surface area (Å²) in [6.07, 6.45) is 0. The maximum Gasteiger partial charge on any atom is 0.244 e. The van der Waals surface area contributed by atoms with Crippen molar-refractivity contribution in [3.8, 4) is 0 Å². The lowest BCUT2D eigenvalue weighted by Crippen LogP contribution is -2.39. The van der Waals surface area contributed by atoms with Crippen molar-refractivity contribution < 1.29 is 22.0 Å². The summed E-state index contributed by atoms with van der Waals surface area (Å²) in [5, 5.41) is 5.64. The topological polar surface area (TPSA) is 78.5 Å². The van der Waals surface area contributed by atoms with Gasteiger partial charge in [-0.3, -0.25) is 10.1 Å².